The van der Waals surface area contributed by atoms with Crippen LogP contribution >= 0.6 is 31.9 Å². The Kier molecular flexibility index (Phi) is 4.35. The van der Waals surface area contributed by atoms with Gasteiger partial charge < -0.3 is 4.74 Å². The lowest BCUT2D eigenvalue weighted by atomic mass is 10.2. The fourth-order valence-corrected chi connectivity index (χ4v) is 2.66. The summed E-state index contributed by atoms with van der Waals surface area (Å²) in [5.74, 6) is 1.52. The Balaban J connectivity index is 2.42. The van der Waals surface area contributed by atoms with Crippen molar-refractivity contribution in [3.8, 4) is 17.1 Å². The lowest BCUT2D eigenvalue weighted by Gasteiger charge is -2.07. The number of alkyl halides is 1. The zero-order chi connectivity index (χ0) is 13.1. The van der Waals surface area contributed by atoms with Crippen LogP contribution in [0, 0.1) is 6.92 Å². The van der Waals surface area contributed by atoms with Crippen molar-refractivity contribution in [2.45, 2.75) is 12.3 Å². The maximum absolute atomic E-state index is 5.20. The van der Waals surface area contributed by atoms with Gasteiger partial charge in [-0.2, -0.15) is 0 Å². The van der Waals surface area contributed by atoms with Crippen molar-refractivity contribution in [1.82, 2.24) is 9.97 Å². The van der Waals surface area contributed by atoms with E-state index in [1.165, 1.54) is 0 Å². The summed E-state index contributed by atoms with van der Waals surface area (Å²) in [6.07, 6.45) is 1.85. The molecule has 0 atom stereocenters. The SMILES string of the molecule is COc1ccc(-c2ncc(CBr)c(C)n2)cc1Br. The number of nitrogens with zero attached hydrogens (tertiary/aromatic N) is 2. The number of hydrogen-bond acceptors (Lipinski definition) is 3. The zero-order valence-electron chi connectivity index (χ0n) is 10.1. The largest absolute Gasteiger partial charge is 0.496 e. The summed E-state index contributed by atoms with van der Waals surface area (Å²) in [5.41, 5.74) is 3.06. The van der Waals surface area contributed by atoms with Crippen molar-refractivity contribution in [2.75, 3.05) is 7.11 Å². The van der Waals surface area contributed by atoms with E-state index in [1.807, 2.05) is 31.3 Å². The standard InChI is InChI=1S/C13H12Br2N2O/c1-8-10(6-14)7-16-13(17-8)9-3-4-12(18-2)11(15)5-9/h3-5,7H,6H2,1-2H3. The van der Waals surface area contributed by atoms with Crippen LogP contribution in [0.25, 0.3) is 11.4 Å². The lowest BCUT2D eigenvalue weighted by molar-refractivity contribution is 0.412. The quantitative estimate of drug-likeness (QED) is 0.761. The molecule has 0 amide bonds. The highest BCUT2D eigenvalue weighted by Crippen LogP contribution is 2.29. The second-order valence-corrected chi connectivity index (χ2v) is 5.20. The molecule has 0 aliphatic heterocycles. The molecule has 18 heavy (non-hydrogen) atoms. The van der Waals surface area contributed by atoms with Crippen LogP contribution < -0.4 is 4.74 Å². The van der Waals surface area contributed by atoms with Crippen LogP contribution in [0.2, 0.25) is 0 Å². The number of halogens is 2. The molecule has 0 saturated heterocycles. The molecule has 0 bridgehead atoms. The predicted octanol–water partition coefficient (Wildman–Crippen LogP) is 4.12. The number of benzene rings is 1. The summed E-state index contributed by atoms with van der Waals surface area (Å²) < 4.78 is 6.10. The van der Waals surface area contributed by atoms with Gasteiger partial charge in [-0.3, -0.25) is 0 Å². The molecule has 2 aromatic rings. The number of ether oxygens (including phenoxy) is 1. The van der Waals surface area contributed by atoms with Gasteiger partial charge in [0.2, 0.25) is 0 Å². The van der Waals surface area contributed by atoms with Crippen LogP contribution in [-0.2, 0) is 5.33 Å². The Morgan fingerprint density at radius 2 is 2.11 bits per heavy atom. The van der Waals surface area contributed by atoms with Crippen LogP contribution in [0.1, 0.15) is 11.3 Å². The molecule has 2 rings (SSSR count). The highest BCUT2D eigenvalue weighted by atomic mass is 79.9. The number of methoxy groups -OCH3 is 1. The molecule has 0 aliphatic carbocycles. The van der Waals surface area contributed by atoms with Gasteiger partial charge in [0, 0.05) is 28.3 Å². The van der Waals surface area contributed by atoms with E-state index in [9.17, 15) is 0 Å². The summed E-state index contributed by atoms with van der Waals surface area (Å²) in [4.78, 5) is 8.88. The van der Waals surface area contributed by atoms with Gasteiger partial charge in [0.15, 0.2) is 5.82 Å². The molecule has 0 spiro atoms. The molecule has 5 heteroatoms. The number of aryl methyl sites for hydroxylation is 1. The molecular weight excluding hydrogens is 360 g/mol. The molecule has 0 fully saturated rings. The minimum atomic E-state index is 0.723. The Labute approximate surface area is 123 Å². The van der Waals surface area contributed by atoms with E-state index in [-0.39, 0.29) is 0 Å². The molecule has 3 nitrogen and oxygen atoms in total. The van der Waals surface area contributed by atoms with Gasteiger partial charge in [-0.05, 0) is 41.1 Å². The van der Waals surface area contributed by atoms with E-state index < -0.39 is 0 Å². The van der Waals surface area contributed by atoms with E-state index in [0.717, 1.165) is 38.2 Å². The first kappa shape index (κ1) is 13.5. The van der Waals surface area contributed by atoms with E-state index in [1.54, 1.807) is 7.11 Å². The summed E-state index contributed by atoms with van der Waals surface area (Å²) >= 11 is 6.88. The highest BCUT2D eigenvalue weighted by Gasteiger charge is 2.07. The summed E-state index contributed by atoms with van der Waals surface area (Å²) in [5, 5.41) is 0.769. The Hall–Kier alpha value is -0.940. The summed E-state index contributed by atoms with van der Waals surface area (Å²) in [6.45, 7) is 1.99. The normalized spacial score (nSPS) is 10.4. The van der Waals surface area contributed by atoms with Crippen molar-refractivity contribution < 1.29 is 4.74 Å². The van der Waals surface area contributed by atoms with Crippen LogP contribution in [0.3, 0.4) is 0 Å². The van der Waals surface area contributed by atoms with Crippen molar-refractivity contribution in [3.63, 3.8) is 0 Å². The third kappa shape index (κ3) is 2.72. The Morgan fingerprint density at radius 1 is 1.33 bits per heavy atom. The molecular formula is C13H12Br2N2O. The van der Waals surface area contributed by atoms with E-state index in [2.05, 4.69) is 41.8 Å². The Morgan fingerprint density at radius 3 is 2.67 bits per heavy atom. The van der Waals surface area contributed by atoms with Crippen molar-refractivity contribution >= 4 is 31.9 Å². The predicted molar refractivity (Wildman–Crippen MR) is 79.1 cm³/mol. The van der Waals surface area contributed by atoms with Gasteiger partial charge in [0.1, 0.15) is 5.75 Å². The Bertz CT molecular complexity index is 521. The van der Waals surface area contributed by atoms with Crippen LogP contribution in [0.5, 0.6) is 5.75 Å². The maximum atomic E-state index is 5.20. The van der Waals surface area contributed by atoms with Gasteiger partial charge in [0.05, 0.1) is 11.6 Å². The van der Waals surface area contributed by atoms with Crippen molar-refractivity contribution in [1.29, 1.82) is 0 Å². The van der Waals surface area contributed by atoms with Gasteiger partial charge in [-0.15, -0.1) is 0 Å². The summed E-state index contributed by atoms with van der Waals surface area (Å²) in [6, 6.07) is 5.81. The fourth-order valence-electron chi connectivity index (χ4n) is 1.57. The lowest BCUT2D eigenvalue weighted by Crippen LogP contribution is -1.96. The second-order valence-electron chi connectivity index (χ2n) is 3.79. The third-order valence-electron chi connectivity index (χ3n) is 2.63. The first-order valence-corrected chi connectivity index (χ1v) is 7.29. The second kappa shape index (κ2) is 5.80. The zero-order valence-corrected chi connectivity index (χ0v) is 13.2. The summed E-state index contributed by atoms with van der Waals surface area (Å²) in [7, 11) is 1.64. The van der Waals surface area contributed by atoms with E-state index in [4.69, 9.17) is 4.74 Å². The molecule has 0 unspecified atom stereocenters. The fraction of sp³-hybridized carbons (Fsp3) is 0.231. The monoisotopic (exact) mass is 370 g/mol. The van der Waals surface area contributed by atoms with Crippen LogP contribution in [0.4, 0.5) is 0 Å². The van der Waals surface area contributed by atoms with Gasteiger partial charge >= 0.3 is 0 Å². The molecule has 1 heterocycles. The molecule has 1 aromatic heterocycles. The number of aromatic nitrogens is 2. The first-order chi connectivity index (χ1) is 8.65. The van der Waals surface area contributed by atoms with Crippen molar-refractivity contribution in [2.24, 2.45) is 0 Å². The number of rotatable bonds is 3. The molecule has 0 aliphatic rings. The van der Waals surface area contributed by atoms with Crippen molar-refractivity contribution in [3.05, 3.63) is 40.1 Å². The van der Waals surface area contributed by atoms with Gasteiger partial charge in [-0.25, -0.2) is 9.97 Å². The molecule has 0 saturated carbocycles. The molecule has 94 valence electrons. The van der Waals surface area contributed by atoms with Crippen LogP contribution in [0.15, 0.2) is 28.9 Å². The third-order valence-corrected chi connectivity index (χ3v) is 3.86. The molecule has 0 N–H and O–H groups in total. The number of hydrogen-bond donors (Lipinski definition) is 0. The molecule has 0 radical (unpaired) electrons. The van der Waals surface area contributed by atoms with Crippen LogP contribution in [-0.4, -0.2) is 17.1 Å². The average molecular weight is 372 g/mol. The molecule has 1 aromatic carbocycles. The average Bonchev–Trinajstić information content (AvgIpc) is 2.38. The van der Waals surface area contributed by atoms with E-state index in [0.29, 0.717) is 0 Å². The smallest absolute Gasteiger partial charge is 0.159 e. The first-order valence-electron chi connectivity index (χ1n) is 5.38. The minimum Gasteiger partial charge on any atom is -0.496 e. The van der Waals surface area contributed by atoms with Gasteiger partial charge in [0.25, 0.3) is 0 Å². The maximum Gasteiger partial charge on any atom is 0.159 e. The minimum absolute atomic E-state index is 0.723. The van der Waals surface area contributed by atoms with E-state index >= 15 is 0 Å². The van der Waals surface area contributed by atoms with Gasteiger partial charge in [-0.1, -0.05) is 15.9 Å². The topological polar surface area (TPSA) is 35.0 Å². The highest BCUT2D eigenvalue weighted by molar-refractivity contribution is 9.10.